The standard InChI is InChI=1S/C18H12Cl4N2O2S/c19-11-1-3-13(15(21)7-11)17(9-24-6-5-23-10-24)26-18(27)25-12-2-4-14(20)16(22)8-12/h1-8,10,17H,9H2. The zero-order valence-corrected chi connectivity index (χ0v) is 17.5. The van der Waals surface area contributed by atoms with Crippen molar-refractivity contribution in [3.05, 3.63) is 80.8 Å². The molecule has 1 atom stereocenters. The molecule has 1 heterocycles. The van der Waals surface area contributed by atoms with E-state index < -0.39 is 6.10 Å². The van der Waals surface area contributed by atoms with E-state index >= 15 is 0 Å². The third-order valence-electron chi connectivity index (χ3n) is 3.58. The monoisotopic (exact) mass is 460 g/mol. The summed E-state index contributed by atoms with van der Waals surface area (Å²) in [5.74, 6) is 0.415. The van der Waals surface area contributed by atoms with Crippen molar-refractivity contribution < 1.29 is 9.47 Å². The first-order valence-electron chi connectivity index (χ1n) is 7.66. The lowest BCUT2D eigenvalue weighted by Gasteiger charge is -2.21. The molecule has 9 heteroatoms. The molecule has 3 rings (SSSR count). The summed E-state index contributed by atoms with van der Waals surface area (Å²) in [6.45, 7) is 0.423. The molecule has 27 heavy (non-hydrogen) atoms. The summed E-state index contributed by atoms with van der Waals surface area (Å²) in [4.78, 5) is 4.03. The van der Waals surface area contributed by atoms with Crippen LogP contribution in [-0.2, 0) is 11.3 Å². The molecule has 1 aromatic heterocycles. The van der Waals surface area contributed by atoms with Gasteiger partial charge in [0, 0.05) is 46.3 Å². The van der Waals surface area contributed by atoms with E-state index in [2.05, 4.69) is 4.98 Å². The lowest BCUT2D eigenvalue weighted by atomic mass is 10.1. The Hall–Kier alpha value is -1.50. The average Bonchev–Trinajstić information content (AvgIpc) is 3.11. The largest absolute Gasteiger partial charge is 0.446 e. The summed E-state index contributed by atoms with van der Waals surface area (Å²) < 4.78 is 13.3. The van der Waals surface area contributed by atoms with Crippen LogP contribution in [0.3, 0.4) is 0 Å². The highest BCUT2D eigenvalue weighted by Gasteiger charge is 2.20. The first kappa shape index (κ1) is 20.2. The number of halogens is 4. The number of thiocarbonyl (C=S) groups is 1. The molecule has 0 fully saturated rings. The molecule has 140 valence electrons. The number of ether oxygens (including phenoxy) is 2. The zero-order chi connectivity index (χ0) is 19.4. The van der Waals surface area contributed by atoms with Crippen molar-refractivity contribution in [1.82, 2.24) is 9.55 Å². The van der Waals surface area contributed by atoms with Crippen LogP contribution in [0.2, 0.25) is 20.1 Å². The van der Waals surface area contributed by atoms with Gasteiger partial charge in [0.05, 0.1) is 22.9 Å². The maximum atomic E-state index is 6.34. The Balaban J connectivity index is 1.79. The molecule has 0 amide bonds. The molecule has 2 aromatic carbocycles. The third kappa shape index (κ3) is 5.50. The fourth-order valence-corrected chi connectivity index (χ4v) is 3.36. The summed E-state index contributed by atoms with van der Waals surface area (Å²) in [5, 5.41) is 1.68. The average molecular weight is 462 g/mol. The van der Waals surface area contributed by atoms with Gasteiger partial charge in [-0.1, -0.05) is 52.5 Å². The highest BCUT2D eigenvalue weighted by molar-refractivity contribution is 7.79. The van der Waals surface area contributed by atoms with Crippen molar-refractivity contribution in [1.29, 1.82) is 0 Å². The lowest BCUT2D eigenvalue weighted by molar-refractivity contribution is 0.140. The fraction of sp³-hybridized carbons (Fsp3) is 0.111. The summed E-state index contributed by atoms with van der Waals surface area (Å²) in [5.41, 5.74) is 0.717. The Kier molecular flexibility index (Phi) is 6.84. The van der Waals surface area contributed by atoms with Crippen LogP contribution in [0.15, 0.2) is 55.1 Å². The quantitative estimate of drug-likeness (QED) is 0.400. The Labute approximate surface area is 181 Å². The molecule has 0 bridgehead atoms. The summed E-state index contributed by atoms with van der Waals surface area (Å²) in [6.07, 6.45) is 4.64. The molecule has 0 saturated heterocycles. The topological polar surface area (TPSA) is 36.3 Å². The highest BCUT2D eigenvalue weighted by Crippen LogP contribution is 2.31. The SMILES string of the molecule is S=C(Oc1ccc(Cl)c(Cl)c1)OC(Cn1ccnc1)c1ccc(Cl)cc1Cl. The van der Waals surface area contributed by atoms with Crippen LogP contribution in [0.1, 0.15) is 11.7 Å². The molecular formula is C18H12Cl4N2O2S. The predicted molar refractivity (Wildman–Crippen MR) is 112 cm³/mol. The van der Waals surface area contributed by atoms with E-state index in [9.17, 15) is 0 Å². The van der Waals surface area contributed by atoms with Gasteiger partial charge in [-0.05, 0) is 24.3 Å². The lowest BCUT2D eigenvalue weighted by Crippen LogP contribution is -2.19. The number of nitrogens with zero attached hydrogens (tertiary/aromatic N) is 2. The molecule has 0 aliphatic heterocycles. The number of imidazole rings is 1. The van der Waals surface area contributed by atoms with Crippen molar-refractivity contribution in [3.63, 3.8) is 0 Å². The molecule has 0 aliphatic rings. The van der Waals surface area contributed by atoms with E-state index in [-0.39, 0.29) is 5.24 Å². The second kappa shape index (κ2) is 9.13. The number of hydrogen-bond acceptors (Lipinski definition) is 4. The van der Waals surface area contributed by atoms with E-state index in [0.717, 1.165) is 5.56 Å². The van der Waals surface area contributed by atoms with E-state index in [0.29, 0.717) is 32.4 Å². The third-order valence-corrected chi connectivity index (χ3v) is 5.06. The van der Waals surface area contributed by atoms with Crippen molar-refractivity contribution in [2.24, 2.45) is 0 Å². The van der Waals surface area contributed by atoms with Gasteiger partial charge in [0.25, 0.3) is 0 Å². The van der Waals surface area contributed by atoms with Crippen LogP contribution in [0, 0.1) is 0 Å². The van der Waals surface area contributed by atoms with Gasteiger partial charge in [0.1, 0.15) is 11.9 Å². The summed E-state index contributed by atoms with van der Waals surface area (Å²) >= 11 is 29.5. The second-order valence-electron chi connectivity index (χ2n) is 5.46. The Morgan fingerprint density at radius 1 is 1.04 bits per heavy atom. The molecule has 0 spiro atoms. The summed E-state index contributed by atoms with van der Waals surface area (Å²) in [7, 11) is 0. The summed E-state index contributed by atoms with van der Waals surface area (Å²) in [6, 6.07) is 9.97. The first-order chi connectivity index (χ1) is 12.9. The van der Waals surface area contributed by atoms with E-state index in [1.165, 1.54) is 0 Å². The van der Waals surface area contributed by atoms with Gasteiger partial charge in [0.15, 0.2) is 0 Å². The number of benzene rings is 2. The van der Waals surface area contributed by atoms with Crippen molar-refractivity contribution in [3.8, 4) is 5.75 Å². The molecule has 0 N–H and O–H groups in total. The molecule has 4 nitrogen and oxygen atoms in total. The van der Waals surface area contributed by atoms with Crippen LogP contribution in [0.5, 0.6) is 5.75 Å². The molecular weight excluding hydrogens is 450 g/mol. The Morgan fingerprint density at radius 2 is 1.85 bits per heavy atom. The first-order valence-corrected chi connectivity index (χ1v) is 9.58. The normalized spacial score (nSPS) is 11.9. The minimum Gasteiger partial charge on any atom is -0.446 e. The van der Waals surface area contributed by atoms with Crippen LogP contribution in [0.4, 0.5) is 0 Å². The van der Waals surface area contributed by atoms with Gasteiger partial charge < -0.3 is 14.0 Å². The molecule has 0 radical (unpaired) electrons. The van der Waals surface area contributed by atoms with Crippen LogP contribution in [-0.4, -0.2) is 14.8 Å². The minimum absolute atomic E-state index is 0.0791. The molecule has 0 aliphatic carbocycles. The fourth-order valence-electron chi connectivity index (χ4n) is 2.32. The number of aromatic nitrogens is 2. The molecule has 1 unspecified atom stereocenters. The second-order valence-corrected chi connectivity index (χ2v) is 7.45. The zero-order valence-electron chi connectivity index (χ0n) is 13.6. The van der Waals surface area contributed by atoms with Gasteiger partial charge in [0.2, 0.25) is 0 Å². The van der Waals surface area contributed by atoms with Crippen molar-refractivity contribution in [2.75, 3.05) is 0 Å². The highest BCUT2D eigenvalue weighted by atomic mass is 35.5. The maximum absolute atomic E-state index is 6.34. The minimum atomic E-state index is -0.515. The maximum Gasteiger partial charge on any atom is 0.358 e. The van der Waals surface area contributed by atoms with Gasteiger partial charge >= 0.3 is 5.24 Å². The van der Waals surface area contributed by atoms with Gasteiger partial charge in [-0.2, -0.15) is 0 Å². The predicted octanol–water partition coefficient (Wildman–Crippen LogP) is 6.62. The van der Waals surface area contributed by atoms with Gasteiger partial charge in [-0.15, -0.1) is 0 Å². The van der Waals surface area contributed by atoms with E-state index in [1.807, 2.05) is 10.8 Å². The van der Waals surface area contributed by atoms with E-state index in [1.54, 1.807) is 48.9 Å². The van der Waals surface area contributed by atoms with Crippen molar-refractivity contribution in [2.45, 2.75) is 12.6 Å². The smallest absolute Gasteiger partial charge is 0.358 e. The molecule has 0 saturated carbocycles. The van der Waals surface area contributed by atoms with E-state index in [4.69, 9.17) is 68.1 Å². The number of hydrogen-bond donors (Lipinski definition) is 0. The van der Waals surface area contributed by atoms with Crippen LogP contribution < -0.4 is 4.74 Å². The number of rotatable bonds is 5. The van der Waals surface area contributed by atoms with Crippen molar-refractivity contribution >= 4 is 63.9 Å². The van der Waals surface area contributed by atoms with Crippen LogP contribution >= 0.6 is 58.6 Å². The Morgan fingerprint density at radius 3 is 2.52 bits per heavy atom. The Bertz CT molecular complexity index is 951. The molecule has 3 aromatic rings. The van der Waals surface area contributed by atoms with Crippen LogP contribution in [0.25, 0.3) is 0 Å². The van der Waals surface area contributed by atoms with Gasteiger partial charge in [-0.3, -0.25) is 0 Å². The van der Waals surface area contributed by atoms with Gasteiger partial charge in [-0.25, -0.2) is 4.98 Å².